The van der Waals surface area contributed by atoms with Gasteiger partial charge in [-0.25, -0.2) is 0 Å². The Morgan fingerprint density at radius 2 is 1.75 bits per heavy atom. The number of carbonyl (C=O) groups excluding carboxylic acids is 1. The summed E-state index contributed by atoms with van der Waals surface area (Å²) in [6.07, 6.45) is 0. The van der Waals surface area contributed by atoms with Crippen LogP contribution in [-0.4, -0.2) is 28.9 Å². The van der Waals surface area contributed by atoms with Gasteiger partial charge >= 0.3 is 0 Å². The van der Waals surface area contributed by atoms with E-state index in [1.54, 1.807) is 13.0 Å². The van der Waals surface area contributed by atoms with Crippen molar-refractivity contribution < 1.29 is 27.8 Å². The molecule has 0 unspecified atom stereocenters. The van der Waals surface area contributed by atoms with E-state index in [0.29, 0.717) is 5.56 Å². The number of hydrogen-bond donors (Lipinski definition) is 3. The van der Waals surface area contributed by atoms with Crippen molar-refractivity contribution in [3.63, 3.8) is 0 Å². The molecule has 0 aliphatic rings. The Morgan fingerprint density at radius 3 is 2.36 bits per heavy atom. The van der Waals surface area contributed by atoms with Crippen molar-refractivity contribution in [1.82, 2.24) is 0 Å². The molecule has 3 N–H and O–H groups in total. The third-order valence-corrected chi connectivity index (χ3v) is 4.97. The van der Waals surface area contributed by atoms with Crippen LogP contribution in [0.25, 0.3) is 10.8 Å². The number of nitrogens with one attached hydrogen (secondary N) is 1. The Hall–Kier alpha value is -3.50. The summed E-state index contributed by atoms with van der Waals surface area (Å²) in [4.78, 5) is 22.4. The van der Waals surface area contributed by atoms with E-state index in [1.807, 2.05) is 0 Å². The third kappa shape index (κ3) is 3.50. The Bertz CT molecular complexity index is 1240. The van der Waals surface area contributed by atoms with Gasteiger partial charge in [0.2, 0.25) is 0 Å². The maximum absolute atomic E-state index is 12.7. The number of nitro benzene ring substituents is 1. The van der Waals surface area contributed by atoms with Crippen LogP contribution in [0.5, 0.6) is 5.75 Å². The maximum atomic E-state index is 12.7. The number of benzene rings is 3. The number of carbonyl (C=O) groups is 1. The monoisotopic (exact) mass is 402 g/mol. The van der Waals surface area contributed by atoms with Crippen molar-refractivity contribution in [2.45, 2.75) is 11.8 Å². The van der Waals surface area contributed by atoms with Gasteiger partial charge in [0.1, 0.15) is 16.2 Å². The standard InChI is InChI=1S/C18H14N2O7S/c1-10-6-7-13(15(8-10)20(23)24)18(22)19-14-9-16(28(25,26)27)17(21)12-5-3-2-4-11(12)14/h2-9,21H,1H3,(H,19,22)(H,25,26,27). The largest absolute Gasteiger partial charge is 0.506 e. The summed E-state index contributed by atoms with van der Waals surface area (Å²) in [5, 5.41) is 24.2. The lowest BCUT2D eigenvalue weighted by Crippen LogP contribution is -2.15. The fraction of sp³-hybridized carbons (Fsp3) is 0.0556. The van der Waals surface area contributed by atoms with Crippen LogP contribution >= 0.6 is 0 Å². The van der Waals surface area contributed by atoms with Crippen molar-refractivity contribution in [1.29, 1.82) is 0 Å². The van der Waals surface area contributed by atoms with E-state index in [4.69, 9.17) is 0 Å². The summed E-state index contributed by atoms with van der Waals surface area (Å²) < 4.78 is 32.5. The Morgan fingerprint density at radius 1 is 1.11 bits per heavy atom. The van der Waals surface area contributed by atoms with Gasteiger partial charge in [-0.2, -0.15) is 8.42 Å². The lowest BCUT2D eigenvalue weighted by Gasteiger charge is -2.13. The minimum atomic E-state index is -4.78. The summed E-state index contributed by atoms with van der Waals surface area (Å²) in [5.74, 6) is -1.51. The summed E-state index contributed by atoms with van der Waals surface area (Å²) in [7, 11) is -4.78. The van der Waals surface area contributed by atoms with Crippen molar-refractivity contribution in [2.24, 2.45) is 0 Å². The van der Waals surface area contributed by atoms with E-state index < -0.39 is 37.3 Å². The van der Waals surface area contributed by atoms with Crippen LogP contribution in [0.2, 0.25) is 0 Å². The fourth-order valence-corrected chi connectivity index (χ4v) is 3.43. The molecule has 0 radical (unpaired) electrons. The summed E-state index contributed by atoms with van der Waals surface area (Å²) in [6, 6.07) is 11.0. The number of nitrogens with zero attached hydrogens (tertiary/aromatic N) is 1. The molecule has 144 valence electrons. The highest BCUT2D eigenvalue weighted by Crippen LogP contribution is 2.37. The van der Waals surface area contributed by atoms with Crippen molar-refractivity contribution in [3.05, 3.63) is 69.8 Å². The molecule has 1 amide bonds. The second-order valence-corrected chi connectivity index (χ2v) is 7.41. The molecule has 0 aliphatic carbocycles. The molecule has 0 fully saturated rings. The Kier molecular flexibility index (Phi) is 4.75. The molecule has 9 nitrogen and oxygen atoms in total. The van der Waals surface area contributed by atoms with Gasteiger partial charge in [0.05, 0.1) is 10.6 Å². The number of phenols is 1. The van der Waals surface area contributed by atoms with Gasteiger partial charge in [0.15, 0.2) is 0 Å². The second kappa shape index (κ2) is 6.91. The lowest BCUT2D eigenvalue weighted by atomic mass is 10.1. The quantitative estimate of drug-likeness (QED) is 0.263. The number of nitro groups is 1. The van der Waals surface area contributed by atoms with Crippen LogP contribution in [0, 0.1) is 17.0 Å². The first-order valence-corrected chi connectivity index (χ1v) is 9.32. The molecule has 0 saturated carbocycles. The van der Waals surface area contributed by atoms with Gasteiger partial charge in [-0.15, -0.1) is 0 Å². The molecule has 0 aromatic heterocycles. The van der Waals surface area contributed by atoms with E-state index >= 15 is 0 Å². The van der Waals surface area contributed by atoms with Gasteiger partial charge in [-0.3, -0.25) is 19.5 Å². The highest BCUT2D eigenvalue weighted by atomic mass is 32.2. The average Bonchev–Trinajstić information content (AvgIpc) is 2.62. The molecular formula is C18H14N2O7S. The topological polar surface area (TPSA) is 147 Å². The van der Waals surface area contributed by atoms with E-state index in [2.05, 4.69) is 5.32 Å². The minimum absolute atomic E-state index is 0.0408. The van der Waals surface area contributed by atoms with Crippen molar-refractivity contribution >= 4 is 38.2 Å². The summed E-state index contributed by atoms with van der Waals surface area (Å²) >= 11 is 0. The normalized spacial score (nSPS) is 11.4. The number of fused-ring (bicyclic) bond motifs is 1. The SMILES string of the molecule is Cc1ccc(C(=O)Nc2cc(S(=O)(=O)O)c(O)c3ccccc23)c([N+](=O)[O-])c1. The molecule has 0 spiro atoms. The molecule has 3 rings (SSSR count). The van der Waals surface area contributed by atoms with Gasteiger partial charge < -0.3 is 10.4 Å². The minimum Gasteiger partial charge on any atom is -0.506 e. The van der Waals surface area contributed by atoms with E-state index in [9.17, 15) is 33.0 Å². The first-order chi connectivity index (χ1) is 13.1. The van der Waals surface area contributed by atoms with Crippen LogP contribution in [-0.2, 0) is 10.1 Å². The van der Waals surface area contributed by atoms with Crippen LogP contribution in [0.15, 0.2) is 53.4 Å². The zero-order chi connectivity index (χ0) is 20.6. The zero-order valence-corrected chi connectivity index (χ0v) is 15.2. The molecule has 0 aliphatic heterocycles. The van der Waals surface area contributed by atoms with Gasteiger partial charge in [-0.05, 0) is 24.6 Å². The summed E-state index contributed by atoms with van der Waals surface area (Å²) in [5.41, 5.74) is -0.0790. The number of aryl methyl sites for hydroxylation is 1. The molecule has 0 atom stereocenters. The smallest absolute Gasteiger partial charge is 0.298 e. The first kappa shape index (κ1) is 19.3. The zero-order valence-electron chi connectivity index (χ0n) is 14.4. The number of rotatable bonds is 4. The predicted octanol–water partition coefficient (Wildman–Crippen LogP) is 3.26. The fourth-order valence-electron chi connectivity index (χ4n) is 2.81. The third-order valence-electron chi connectivity index (χ3n) is 4.10. The number of amides is 1. The van der Waals surface area contributed by atoms with Crippen LogP contribution in [0.3, 0.4) is 0 Å². The first-order valence-electron chi connectivity index (χ1n) is 7.88. The van der Waals surface area contributed by atoms with Crippen LogP contribution < -0.4 is 5.32 Å². The number of phenolic OH excluding ortho intramolecular Hbond substituents is 1. The number of hydrogen-bond acceptors (Lipinski definition) is 6. The maximum Gasteiger partial charge on any atom is 0.298 e. The highest BCUT2D eigenvalue weighted by Gasteiger charge is 2.24. The van der Waals surface area contributed by atoms with Crippen molar-refractivity contribution in [2.75, 3.05) is 5.32 Å². The van der Waals surface area contributed by atoms with E-state index in [-0.39, 0.29) is 22.0 Å². The molecule has 0 heterocycles. The molecule has 28 heavy (non-hydrogen) atoms. The lowest BCUT2D eigenvalue weighted by molar-refractivity contribution is -0.385. The second-order valence-electron chi connectivity index (χ2n) is 6.02. The molecular weight excluding hydrogens is 388 g/mol. The molecule has 3 aromatic rings. The molecule has 0 bridgehead atoms. The number of anilines is 1. The Balaban J connectivity index is 2.17. The van der Waals surface area contributed by atoms with Gasteiger partial charge in [0, 0.05) is 16.8 Å². The predicted molar refractivity (Wildman–Crippen MR) is 101 cm³/mol. The number of aromatic hydroxyl groups is 1. The van der Waals surface area contributed by atoms with Crippen LogP contribution in [0.1, 0.15) is 15.9 Å². The van der Waals surface area contributed by atoms with Crippen LogP contribution in [0.4, 0.5) is 11.4 Å². The molecule has 0 saturated heterocycles. The van der Waals surface area contributed by atoms with E-state index in [1.165, 1.54) is 36.4 Å². The highest BCUT2D eigenvalue weighted by molar-refractivity contribution is 7.86. The summed E-state index contributed by atoms with van der Waals surface area (Å²) in [6.45, 7) is 1.64. The van der Waals surface area contributed by atoms with Gasteiger partial charge in [0.25, 0.3) is 21.7 Å². The molecule has 3 aromatic carbocycles. The Labute approximate surface area is 159 Å². The van der Waals surface area contributed by atoms with Gasteiger partial charge in [-0.1, -0.05) is 30.3 Å². The van der Waals surface area contributed by atoms with E-state index in [0.717, 1.165) is 6.07 Å². The van der Waals surface area contributed by atoms with Crippen molar-refractivity contribution in [3.8, 4) is 5.75 Å². The molecule has 10 heteroatoms. The average molecular weight is 402 g/mol.